The number of nitrogens with one attached hydrogen (secondary N) is 1. The van der Waals surface area contributed by atoms with Gasteiger partial charge in [0.25, 0.3) is 5.91 Å². The zero-order valence-corrected chi connectivity index (χ0v) is 19.6. The quantitative estimate of drug-likeness (QED) is 0.612. The fraction of sp³-hybridized carbons (Fsp3) is 0.458. The molecule has 1 aromatic carbocycles. The highest BCUT2D eigenvalue weighted by Gasteiger charge is 2.20. The van der Waals surface area contributed by atoms with Crippen molar-refractivity contribution in [2.24, 2.45) is 0 Å². The molecule has 2 heterocycles. The van der Waals surface area contributed by atoms with E-state index in [0.717, 1.165) is 0 Å². The Hall–Kier alpha value is -3.19. The van der Waals surface area contributed by atoms with Crippen LogP contribution in [0.3, 0.4) is 0 Å². The average molecular weight is 454 g/mol. The Morgan fingerprint density at radius 3 is 2.76 bits per heavy atom. The molecule has 0 bridgehead atoms. The van der Waals surface area contributed by atoms with Gasteiger partial charge in [-0.2, -0.15) is 4.98 Å². The number of aliphatic hydroxyl groups is 1. The smallest absolute Gasteiger partial charge is 0.274 e. The molecule has 0 spiro atoms. The minimum absolute atomic E-state index is 0.263. The van der Waals surface area contributed by atoms with Crippen LogP contribution in [0.2, 0.25) is 0 Å². The summed E-state index contributed by atoms with van der Waals surface area (Å²) in [7, 11) is 3.54. The summed E-state index contributed by atoms with van der Waals surface area (Å²) in [5, 5.41) is 12.7. The molecule has 1 aliphatic rings. The molecular formula is C24H31N5O4. The van der Waals surface area contributed by atoms with E-state index in [-0.39, 0.29) is 11.6 Å². The lowest BCUT2D eigenvalue weighted by Gasteiger charge is -2.28. The van der Waals surface area contributed by atoms with E-state index in [2.05, 4.69) is 27.1 Å². The van der Waals surface area contributed by atoms with E-state index in [1.54, 1.807) is 45.2 Å². The Bertz CT molecular complexity index is 1020. The van der Waals surface area contributed by atoms with Crippen LogP contribution in [0.15, 0.2) is 30.3 Å². The van der Waals surface area contributed by atoms with Crippen molar-refractivity contribution < 1.29 is 19.4 Å². The molecule has 1 fully saturated rings. The average Bonchev–Trinajstić information content (AvgIpc) is 2.81. The van der Waals surface area contributed by atoms with Crippen molar-refractivity contribution >= 4 is 23.4 Å². The lowest BCUT2D eigenvalue weighted by molar-refractivity contribution is 0.102. The predicted molar refractivity (Wildman–Crippen MR) is 128 cm³/mol. The second-order valence-electron chi connectivity index (χ2n) is 8.27. The van der Waals surface area contributed by atoms with Crippen LogP contribution < -0.4 is 15.1 Å². The maximum absolute atomic E-state index is 13.1. The number of aromatic nitrogens is 2. The summed E-state index contributed by atoms with van der Waals surface area (Å²) in [6.45, 7) is 6.90. The highest BCUT2D eigenvalue weighted by atomic mass is 16.5. The van der Waals surface area contributed by atoms with Crippen molar-refractivity contribution in [2.75, 3.05) is 68.7 Å². The zero-order chi connectivity index (χ0) is 23.8. The number of anilines is 3. The first-order chi connectivity index (χ1) is 15.7. The second kappa shape index (κ2) is 11.1. The second-order valence-corrected chi connectivity index (χ2v) is 8.27. The van der Waals surface area contributed by atoms with E-state index in [0.29, 0.717) is 62.5 Å². The Labute approximate surface area is 194 Å². The highest BCUT2D eigenvalue weighted by Crippen LogP contribution is 2.19. The van der Waals surface area contributed by atoms with Crippen LogP contribution in [-0.2, 0) is 9.47 Å². The Kier molecular flexibility index (Phi) is 8.22. The molecule has 9 heteroatoms. The van der Waals surface area contributed by atoms with Gasteiger partial charge in [0.1, 0.15) is 17.1 Å². The van der Waals surface area contributed by atoms with Gasteiger partial charge >= 0.3 is 0 Å². The molecule has 176 valence electrons. The SMILES string of the molecule is COCCN(C)c1cc(C(=O)Nc2cccc(C#CC(C)(C)O)c2)nc(N2CCOCC2)n1. The number of ether oxygens (including phenoxy) is 2. The number of amides is 1. The summed E-state index contributed by atoms with van der Waals surface area (Å²) in [5.74, 6) is 6.48. The van der Waals surface area contributed by atoms with Crippen molar-refractivity contribution in [3.05, 3.63) is 41.6 Å². The molecule has 0 radical (unpaired) electrons. The summed E-state index contributed by atoms with van der Waals surface area (Å²) in [5.41, 5.74) is 0.440. The minimum Gasteiger partial charge on any atom is -0.383 e. The van der Waals surface area contributed by atoms with E-state index >= 15 is 0 Å². The van der Waals surface area contributed by atoms with Gasteiger partial charge in [-0.05, 0) is 32.0 Å². The molecule has 2 aromatic rings. The van der Waals surface area contributed by atoms with Gasteiger partial charge < -0.3 is 29.7 Å². The van der Waals surface area contributed by atoms with Gasteiger partial charge in [-0.3, -0.25) is 4.79 Å². The van der Waals surface area contributed by atoms with Crippen LogP contribution in [0.5, 0.6) is 0 Å². The lowest BCUT2D eigenvalue weighted by Crippen LogP contribution is -2.38. The van der Waals surface area contributed by atoms with Gasteiger partial charge in [0.05, 0.1) is 19.8 Å². The monoisotopic (exact) mass is 453 g/mol. The number of carbonyl (C=O) groups excluding carboxylic acids is 1. The van der Waals surface area contributed by atoms with Gasteiger partial charge in [-0.25, -0.2) is 4.98 Å². The Morgan fingerprint density at radius 1 is 1.30 bits per heavy atom. The molecule has 1 aromatic heterocycles. The van der Waals surface area contributed by atoms with Gasteiger partial charge in [0.15, 0.2) is 0 Å². The number of hydrogen-bond donors (Lipinski definition) is 2. The first kappa shape index (κ1) is 24.5. The molecule has 1 saturated heterocycles. The molecule has 0 atom stereocenters. The summed E-state index contributed by atoms with van der Waals surface area (Å²) in [6, 6.07) is 8.83. The van der Waals surface area contributed by atoms with Crippen molar-refractivity contribution in [3.8, 4) is 11.8 Å². The number of benzene rings is 1. The van der Waals surface area contributed by atoms with Crippen LogP contribution in [-0.4, -0.2) is 80.2 Å². The van der Waals surface area contributed by atoms with E-state index in [1.807, 2.05) is 22.9 Å². The maximum Gasteiger partial charge on any atom is 0.274 e. The molecule has 9 nitrogen and oxygen atoms in total. The first-order valence-corrected chi connectivity index (χ1v) is 10.8. The lowest BCUT2D eigenvalue weighted by atomic mass is 10.1. The van der Waals surface area contributed by atoms with Gasteiger partial charge in [0, 0.05) is 51.1 Å². The molecule has 2 N–H and O–H groups in total. The summed E-state index contributed by atoms with van der Waals surface area (Å²) >= 11 is 0. The summed E-state index contributed by atoms with van der Waals surface area (Å²) in [6.07, 6.45) is 0. The number of hydrogen-bond acceptors (Lipinski definition) is 8. The van der Waals surface area contributed by atoms with Crippen LogP contribution in [0, 0.1) is 11.8 Å². The van der Waals surface area contributed by atoms with E-state index < -0.39 is 5.60 Å². The molecular weight excluding hydrogens is 422 g/mol. The molecule has 0 saturated carbocycles. The minimum atomic E-state index is -1.10. The topological polar surface area (TPSA) is 100 Å². The number of likely N-dealkylation sites (N-methyl/N-ethyl adjacent to an activating group) is 1. The van der Waals surface area contributed by atoms with Gasteiger partial charge in [0.2, 0.25) is 5.95 Å². The molecule has 33 heavy (non-hydrogen) atoms. The van der Waals surface area contributed by atoms with E-state index in [1.165, 1.54) is 0 Å². The highest BCUT2D eigenvalue weighted by molar-refractivity contribution is 6.03. The Balaban J connectivity index is 1.85. The van der Waals surface area contributed by atoms with E-state index in [4.69, 9.17) is 9.47 Å². The predicted octanol–water partition coefficient (Wildman–Crippen LogP) is 1.77. The molecule has 1 amide bonds. The normalized spacial score (nSPS) is 13.8. The fourth-order valence-corrected chi connectivity index (χ4v) is 3.08. The van der Waals surface area contributed by atoms with Gasteiger partial charge in [-0.1, -0.05) is 17.9 Å². The zero-order valence-electron chi connectivity index (χ0n) is 19.6. The largest absolute Gasteiger partial charge is 0.383 e. The maximum atomic E-state index is 13.1. The van der Waals surface area contributed by atoms with Crippen molar-refractivity contribution in [1.82, 2.24) is 9.97 Å². The standard InChI is InChI=1S/C24H31N5O4/c1-24(2,31)9-8-18-6-5-7-19(16-18)25-22(30)20-17-21(28(3)10-13-32-4)27-23(26-20)29-11-14-33-15-12-29/h5-7,16-17,31H,10-15H2,1-4H3,(H,25,30). The first-order valence-electron chi connectivity index (χ1n) is 10.8. The fourth-order valence-electron chi connectivity index (χ4n) is 3.08. The van der Waals surface area contributed by atoms with E-state index in [9.17, 15) is 9.90 Å². The van der Waals surface area contributed by atoms with Crippen LogP contribution >= 0.6 is 0 Å². The van der Waals surface area contributed by atoms with Crippen molar-refractivity contribution in [2.45, 2.75) is 19.4 Å². The third-order valence-electron chi connectivity index (χ3n) is 4.88. The number of carbonyl (C=O) groups is 1. The Morgan fingerprint density at radius 2 is 2.06 bits per heavy atom. The van der Waals surface area contributed by atoms with Crippen LogP contribution in [0.4, 0.5) is 17.5 Å². The van der Waals surface area contributed by atoms with Crippen LogP contribution in [0.1, 0.15) is 29.9 Å². The molecule has 1 aliphatic heterocycles. The third-order valence-corrected chi connectivity index (χ3v) is 4.88. The van der Waals surface area contributed by atoms with Crippen LogP contribution in [0.25, 0.3) is 0 Å². The van der Waals surface area contributed by atoms with Crippen molar-refractivity contribution in [1.29, 1.82) is 0 Å². The summed E-state index contributed by atoms with van der Waals surface area (Å²) < 4.78 is 10.6. The molecule has 0 unspecified atom stereocenters. The third kappa shape index (κ3) is 7.43. The number of methoxy groups -OCH3 is 1. The number of nitrogens with zero attached hydrogens (tertiary/aromatic N) is 4. The summed E-state index contributed by atoms with van der Waals surface area (Å²) in [4.78, 5) is 26.3. The molecule has 0 aliphatic carbocycles. The molecule has 3 rings (SSSR count). The number of rotatable bonds is 7. The van der Waals surface area contributed by atoms with Crippen molar-refractivity contribution in [3.63, 3.8) is 0 Å². The number of morpholine rings is 1. The van der Waals surface area contributed by atoms with Gasteiger partial charge in [-0.15, -0.1) is 0 Å².